The molecule has 2 heteroatoms. The third-order valence-corrected chi connectivity index (χ3v) is 9.85. The lowest BCUT2D eigenvalue weighted by atomic mass is 9.80. The molecule has 1 aliphatic rings. The van der Waals surface area contributed by atoms with Crippen molar-refractivity contribution in [1.29, 1.82) is 5.26 Å². The molecular weight excluding hydrogens is 544 g/mol. The van der Waals surface area contributed by atoms with Crippen LogP contribution in [0.1, 0.15) is 30.5 Å². The quantitative estimate of drug-likeness (QED) is 0.193. The molecule has 1 aliphatic carbocycles. The first-order valence-electron chi connectivity index (χ1n) is 15.5. The van der Waals surface area contributed by atoms with Crippen LogP contribution in [0.2, 0.25) is 0 Å². The number of hydrogen-bond donors (Lipinski definition) is 0. The molecule has 7 aromatic carbocycles. The molecule has 1 heterocycles. The fraction of sp³-hybridized carbons (Fsp3) is 0.0698. The Hall–Kier alpha value is -5.78. The van der Waals surface area contributed by atoms with Crippen molar-refractivity contribution >= 4 is 43.2 Å². The number of nitrogens with zero attached hydrogens (tertiary/aromatic N) is 2. The highest BCUT2D eigenvalue weighted by Gasteiger charge is 2.36. The van der Waals surface area contributed by atoms with Gasteiger partial charge in [0.05, 0.1) is 22.8 Å². The number of hydrogen-bond acceptors (Lipinski definition) is 2. The largest absolute Gasteiger partial charge is 0.247 e. The Morgan fingerprint density at radius 1 is 0.533 bits per heavy atom. The number of pyridine rings is 1. The lowest BCUT2D eigenvalue weighted by molar-refractivity contribution is 0.660. The molecule has 1 aromatic heterocycles. The van der Waals surface area contributed by atoms with Crippen LogP contribution in [0, 0.1) is 11.3 Å². The molecule has 0 fully saturated rings. The molecule has 0 saturated heterocycles. The van der Waals surface area contributed by atoms with Crippen LogP contribution < -0.4 is 0 Å². The van der Waals surface area contributed by atoms with Gasteiger partial charge in [0.25, 0.3) is 0 Å². The maximum absolute atomic E-state index is 9.61. The Labute approximate surface area is 261 Å². The van der Waals surface area contributed by atoms with E-state index in [9.17, 15) is 5.26 Å². The Morgan fingerprint density at radius 2 is 1.22 bits per heavy atom. The zero-order valence-corrected chi connectivity index (χ0v) is 25.1. The third-order valence-electron chi connectivity index (χ3n) is 9.85. The minimum atomic E-state index is -0.216. The predicted octanol–water partition coefficient (Wildman–Crippen LogP) is 11.2. The van der Waals surface area contributed by atoms with Crippen LogP contribution >= 0.6 is 0 Å². The summed E-state index contributed by atoms with van der Waals surface area (Å²) in [6.45, 7) is 4.55. The van der Waals surface area contributed by atoms with E-state index in [1.54, 1.807) is 0 Å². The number of aromatic nitrogens is 1. The molecule has 210 valence electrons. The summed E-state index contributed by atoms with van der Waals surface area (Å²) in [7, 11) is 0. The van der Waals surface area contributed by atoms with E-state index in [0.717, 1.165) is 22.2 Å². The van der Waals surface area contributed by atoms with E-state index >= 15 is 0 Å². The number of nitriles is 1. The molecule has 9 rings (SSSR count). The van der Waals surface area contributed by atoms with Gasteiger partial charge in [0.2, 0.25) is 0 Å². The van der Waals surface area contributed by atoms with Crippen molar-refractivity contribution in [3.8, 4) is 39.6 Å². The van der Waals surface area contributed by atoms with E-state index in [1.807, 2.05) is 6.07 Å². The summed E-state index contributed by atoms with van der Waals surface area (Å²) in [5, 5.41) is 18.1. The van der Waals surface area contributed by atoms with E-state index < -0.39 is 0 Å². The topological polar surface area (TPSA) is 36.7 Å². The fourth-order valence-corrected chi connectivity index (χ4v) is 7.66. The van der Waals surface area contributed by atoms with E-state index in [-0.39, 0.29) is 5.41 Å². The Balaban J connectivity index is 1.40. The summed E-state index contributed by atoms with van der Waals surface area (Å²) in [6.07, 6.45) is 0. The summed E-state index contributed by atoms with van der Waals surface area (Å²) in [5.74, 6) is 0. The summed E-state index contributed by atoms with van der Waals surface area (Å²) >= 11 is 0. The van der Waals surface area contributed by atoms with Gasteiger partial charge in [-0.2, -0.15) is 5.26 Å². The summed E-state index contributed by atoms with van der Waals surface area (Å²) < 4.78 is 0. The van der Waals surface area contributed by atoms with Crippen molar-refractivity contribution < 1.29 is 0 Å². The van der Waals surface area contributed by atoms with Gasteiger partial charge in [-0.05, 0) is 85.3 Å². The van der Waals surface area contributed by atoms with Gasteiger partial charge in [-0.25, -0.2) is 4.98 Å². The van der Waals surface area contributed by atoms with Gasteiger partial charge in [-0.3, -0.25) is 0 Å². The SMILES string of the molecule is CC1(C)c2cc(C#N)ccc2-c2ccc(-c3cc4c(-c5ccccc5)nc5ccc6ccccc6c5c4c4ccccc34)cc21. The highest BCUT2D eigenvalue weighted by atomic mass is 14.7. The van der Waals surface area contributed by atoms with Crippen LogP contribution in [0.4, 0.5) is 0 Å². The molecule has 0 N–H and O–H groups in total. The monoisotopic (exact) mass is 572 g/mol. The van der Waals surface area contributed by atoms with Gasteiger partial charge in [0.1, 0.15) is 0 Å². The van der Waals surface area contributed by atoms with E-state index in [2.05, 4.69) is 147 Å². The molecule has 0 unspecified atom stereocenters. The first-order chi connectivity index (χ1) is 22.0. The van der Waals surface area contributed by atoms with E-state index in [0.29, 0.717) is 5.56 Å². The van der Waals surface area contributed by atoms with E-state index in [1.165, 1.54) is 65.7 Å². The first kappa shape index (κ1) is 25.7. The Morgan fingerprint density at radius 3 is 2.02 bits per heavy atom. The summed E-state index contributed by atoms with van der Waals surface area (Å²) in [6, 6.07) is 50.1. The lowest BCUT2D eigenvalue weighted by Crippen LogP contribution is -2.15. The summed E-state index contributed by atoms with van der Waals surface area (Å²) in [4.78, 5) is 5.36. The predicted molar refractivity (Wildman–Crippen MR) is 187 cm³/mol. The second-order valence-electron chi connectivity index (χ2n) is 12.7. The first-order valence-corrected chi connectivity index (χ1v) is 15.5. The number of benzene rings is 7. The normalized spacial score (nSPS) is 13.3. The zero-order chi connectivity index (χ0) is 30.3. The molecule has 0 radical (unpaired) electrons. The fourth-order valence-electron chi connectivity index (χ4n) is 7.66. The van der Waals surface area contributed by atoms with Crippen LogP contribution in [0.5, 0.6) is 0 Å². The van der Waals surface area contributed by atoms with Crippen molar-refractivity contribution in [2.24, 2.45) is 0 Å². The van der Waals surface area contributed by atoms with Gasteiger partial charge in [-0.1, -0.05) is 117 Å². The molecule has 0 spiro atoms. The maximum atomic E-state index is 9.61. The molecule has 0 bridgehead atoms. The average Bonchev–Trinajstić information content (AvgIpc) is 3.32. The molecule has 0 atom stereocenters. The minimum Gasteiger partial charge on any atom is -0.247 e. The van der Waals surface area contributed by atoms with Gasteiger partial charge in [0, 0.05) is 27.1 Å². The molecule has 8 aromatic rings. The highest BCUT2D eigenvalue weighted by molar-refractivity contribution is 6.30. The van der Waals surface area contributed by atoms with Crippen LogP contribution in [-0.2, 0) is 5.41 Å². The Bertz CT molecular complexity index is 2570. The van der Waals surface area contributed by atoms with Crippen molar-refractivity contribution in [3.05, 3.63) is 150 Å². The Kier molecular flexibility index (Phi) is 5.34. The maximum Gasteiger partial charge on any atom is 0.0991 e. The van der Waals surface area contributed by atoms with Crippen molar-refractivity contribution in [1.82, 2.24) is 4.98 Å². The second kappa shape index (κ2) is 9.36. The van der Waals surface area contributed by atoms with Gasteiger partial charge >= 0.3 is 0 Å². The number of fused-ring (bicyclic) bond motifs is 10. The van der Waals surface area contributed by atoms with Gasteiger partial charge < -0.3 is 0 Å². The minimum absolute atomic E-state index is 0.216. The van der Waals surface area contributed by atoms with E-state index in [4.69, 9.17) is 4.98 Å². The van der Waals surface area contributed by atoms with Gasteiger partial charge in [0.15, 0.2) is 0 Å². The molecule has 2 nitrogen and oxygen atoms in total. The van der Waals surface area contributed by atoms with Crippen molar-refractivity contribution in [2.45, 2.75) is 19.3 Å². The van der Waals surface area contributed by atoms with Crippen molar-refractivity contribution in [3.63, 3.8) is 0 Å². The molecule has 0 saturated carbocycles. The van der Waals surface area contributed by atoms with Crippen LogP contribution in [0.25, 0.3) is 76.7 Å². The smallest absolute Gasteiger partial charge is 0.0991 e. The standard InChI is InChI=1S/C43H28N2/c1-43(2)37-22-26(25-44)16-19-32(37)33-20-17-29(23-38(33)43)35-24-36-40(34-15-9-8-14-31(34)35)41-30-13-7-6-10-27(30)18-21-39(41)45-42(36)28-11-4-3-5-12-28/h3-24H,1-2H3. The summed E-state index contributed by atoms with van der Waals surface area (Å²) in [5.41, 5.74) is 11.0. The highest BCUT2D eigenvalue weighted by Crippen LogP contribution is 2.51. The average molecular weight is 573 g/mol. The van der Waals surface area contributed by atoms with Crippen molar-refractivity contribution in [2.75, 3.05) is 0 Å². The third kappa shape index (κ3) is 3.65. The van der Waals surface area contributed by atoms with Gasteiger partial charge in [-0.15, -0.1) is 0 Å². The molecule has 45 heavy (non-hydrogen) atoms. The van der Waals surface area contributed by atoms with Crippen LogP contribution in [0.3, 0.4) is 0 Å². The number of rotatable bonds is 2. The molecular formula is C43H28N2. The van der Waals surface area contributed by atoms with Crippen LogP contribution in [-0.4, -0.2) is 4.98 Å². The molecule has 0 aliphatic heterocycles. The zero-order valence-electron chi connectivity index (χ0n) is 25.1. The van der Waals surface area contributed by atoms with Crippen LogP contribution in [0.15, 0.2) is 133 Å². The second-order valence-corrected chi connectivity index (χ2v) is 12.7. The lowest BCUT2D eigenvalue weighted by Gasteiger charge is -2.22. The molecule has 0 amide bonds.